The Morgan fingerprint density at radius 2 is 2.04 bits per heavy atom. The van der Waals surface area contributed by atoms with Gasteiger partial charge in [-0.1, -0.05) is 0 Å². The van der Waals surface area contributed by atoms with Crippen molar-refractivity contribution < 1.29 is 4.39 Å². The first-order valence-electron chi connectivity index (χ1n) is 9.36. The number of nitrogens with one attached hydrogen (secondary N) is 3. The zero-order valence-electron chi connectivity index (χ0n) is 16.0. The molecule has 152 valence electrons. The van der Waals surface area contributed by atoms with Crippen LogP contribution in [0.4, 0.5) is 4.39 Å². The van der Waals surface area contributed by atoms with Gasteiger partial charge in [0, 0.05) is 43.3 Å². The number of halogens is 2. The molecule has 0 saturated heterocycles. The highest BCUT2D eigenvalue weighted by Gasteiger charge is 2.05. The Bertz CT molecular complexity index is 860. The summed E-state index contributed by atoms with van der Waals surface area (Å²) in [7, 11) is 0. The maximum atomic E-state index is 13.5. The molecule has 0 atom stereocenters. The quantitative estimate of drug-likeness (QED) is 0.183. The molecule has 1 aromatic carbocycles. The molecule has 2 heterocycles. The zero-order valence-corrected chi connectivity index (χ0v) is 18.3. The second kappa shape index (κ2) is 11.6. The summed E-state index contributed by atoms with van der Waals surface area (Å²) < 4.78 is 15.4. The summed E-state index contributed by atoms with van der Waals surface area (Å²) in [5, 5.41) is 15.1. The van der Waals surface area contributed by atoms with Gasteiger partial charge >= 0.3 is 0 Å². The lowest BCUT2D eigenvalue weighted by atomic mass is 10.1. The standard InChI is InChI=1S/C19H26FN7.HI/c1-2-21-19(22-8-3-4-10-27-13-25-26-14-27)23-9-7-15-12-24-18-6-5-16(20)11-17(15)18;/h5-6,11-14,24H,2-4,7-10H2,1H3,(H2,21,22,23);1H. The van der Waals surface area contributed by atoms with Crippen LogP contribution in [0.25, 0.3) is 10.9 Å². The van der Waals surface area contributed by atoms with E-state index in [4.69, 9.17) is 0 Å². The Kier molecular flexibility index (Phi) is 9.18. The topological polar surface area (TPSA) is 82.9 Å². The summed E-state index contributed by atoms with van der Waals surface area (Å²) in [6, 6.07) is 4.82. The number of aromatic nitrogens is 4. The number of hydrogen-bond donors (Lipinski definition) is 3. The van der Waals surface area contributed by atoms with Crippen LogP contribution in [0.15, 0.2) is 42.0 Å². The largest absolute Gasteiger partial charge is 0.361 e. The molecule has 0 aliphatic carbocycles. The van der Waals surface area contributed by atoms with Gasteiger partial charge in [0.2, 0.25) is 0 Å². The number of aryl methyl sites for hydroxylation is 1. The van der Waals surface area contributed by atoms with Crippen LogP contribution in [-0.4, -0.2) is 45.3 Å². The molecule has 3 aromatic rings. The Morgan fingerprint density at radius 3 is 2.82 bits per heavy atom. The third-order valence-electron chi connectivity index (χ3n) is 4.32. The van der Waals surface area contributed by atoms with E-state index >= 15 is 0 Å². The van der Waals surface area contributed by atoms with Crippen molar-refractivity contribution >= 4 is 40.8 Å². The van der Waals surface area contributed by atoms with Gasteiger partial charge in [-0.25, -0.2) is 4.39 Å². The lowest BCUT2D eigenvalue weighted by Crippen LogP contribution is -2.38. The minimum absolute atomic E-state index is 0. The molecule has 0 radical (unpaired) electrons. The molecule has 3 N–H and O–H groups in total. The van der Waals surface area contributed by atoms with E-state index in [1.807, 2.05) is 17.7 Å². The van der Waals surface area contributed by atoms with Crippen LogP contribution >= 0.6 is 24.0 Å². The van der Waals surface area contributed by atoms with Gasteiger partial charge in [0.1, 0.15) is 18.5 Å². The highest BCUT2D eigenvalue weighted by molar-refractivity contribution is 14.0. The Balaban J connectivity index is 0.00000280. The van der Waals surface area contributed by atoms with Gasteiger partial charge in [-0.15, -0.1) is 34.2 Å². The average molecular weight is 499 g/mol. The van der Waals surface area contributed by atoms with E-state index in [-0.39, 0.29) is 29.8 Å². The van der Waals surface area contributed by atoms with Crippen molar-refractivity contribution in [1.29, 1.82) is 0 Å². The number of benzene rings is 1. The van der Waals surface area contributed by atoms with E-state index in [1.54, 1.807) is 24.8 Å². The molecule has 7 nitrogen and oxygen atoms in total. The first kappa shape index (κ1) is 22.1. The molecule has 0 saturated carbocycles. The highest BCUT2D eigenvalue weighted by Crippen LogP contribution is 2.19. The van der Waals surface area contributed by atoms with Gasteiger partial charge in [-0.3, -0.25) is 4.99 Å². The van der Waals surface area contributed by atoms with E-state index in [1.165, 1.54) is 6.07 Å². The molecule has 9 heteroatoms. The first-order chi connectivity index (χ1) is 13.3. The fourth-order valence-corrected chi connectivity index (χ4v) is 2.95. The van der Waals surface area contributed by atoms with Crippen molar-refractivity contribution in [2.45, 2.75) is 32.7 Å². The second-order valence-corrected chi connectivity index (χ2v) is 6.35. The normalized spacial score (nSPS) is 11.4. The summed E-state index contributed by atoms with van der Waals surface area (Å²) in [6.07, 6.45) is 8.22. The number of hydrogen-bond acceptors (Lipinski definition) is 3. The van der Waals surface area contributed by atoms with Crippen molar-refractivity contribution in [3.63, 3.8) is 0 Å². The first-order valence-corrected chi connectivity index (χ1v) is 9.36. The van der Waals surface area contributed by atoms with Gasteiger partial charge in [-0.05, 0) is 49.9 Å². The molecular weight excluding hydrogens is 472 g/mol. The Labute approximate surface area is 181 Å². The van der Waals surface area contributed by atoms with Gasteiger partial charge in [0.05, 0.1) is 0 Å². The van der Waals surface area contributed by atoms with Crippen molar-refractivity contribution in [1.82, 2.24) is 30.4 Å². The van der Waals surface area contributed by atoms with Gasteiger partial charge in [0.25, 0.3) is 0 Å². The predicted molar refractivity (Wildman–Crippen MR) is 121 cm³/mol. The van der Waals surface area contributed by atoms with E-state index in [2.05, 4.69) is 30.8 Å². The van der Waals surface area contributed by atoms with Crippen molar-refractivity contribution in [2.75, 3.05) is 19.6 Å². The number of nitrogens with zero attached hydrogens (tertiary/aromatic N) is 4. The number of aromatic amines is 1. The smallest absolute Gasteiger partial charge is 0.191 e. The SMILES string of the molecule is CCNC(=NCCCCn1cnnc1)NCCc1c[nH]c2ccc(F)cc12.I. The van der Waals surface area contributed by atoms with Gasteiger partial charge < -0.3 is 20.2 Å². The van der Waals surface area contributed by atoms with Gasteiger partial charge in [0.15, 0.2) is 5.96 Å². The minimum atomic E-state index is -0.210. The molecule has 3 rings (SSSR count). The van der Waals surface area contributed by atoms with Gasteiger partial charge in [-0.2, -0.15) is 0 Å². The summed E-state index contributed by atoms with van der Waals surface area (Å²) in [5.74, 6) is 0.602. The summed E-state index contributed by atoms with van der Waals surface area (Å²) >= 11 is 0. The molecule has 0 bridgehead atoms. The minimum Gasteiger partial charge on any atom is -0.361 e. The van der Waals surface area contributed by atoms with Crippen molar-refractivity contribution in [3.05, 3.63) is 48.4 Å². The lowest BCUT2D eigenvalue weighted by Gasteiger charge is -2.11. The molecule has 0 aliphatic heterocycles. The van der Waals surface area contributed by atoms with Crippen LogP contribution < -0.4 is 10.6 Å². The fraction of sp³-hybridized carbons (Fsp3) is 0.421. The molecule has 0 spiro atoms. The van der Waals surface area contributed by atoms with Crippen LogP contribution in [0.3, 0.4) is 0 Å². The lowest BCUT2D eigenvalue weighted by molar-refractivity contribution is 0.611. The molecule has 0 amide bonds. The van der Waals surface area contributed by atoms with Crippen molar-refractivity contribution in [2.24, 2.45) is 4.99 Å². The van der Waals surface area contributed by atoms with Crippen LogP contribution in [0, 0.1) is 5.82 Å². The number of aliphatic imine (C=N–C) groups is 1. The number of unbranched alkanes of at least 4 members (excludes halogenated alkanes) is 1. The summed E-state index contributed by atoms with van der Waals surface area (Å²) in [5.41, 5.74) is 2.06. The monoisotopic (exact) mass is 499 g/mol. The van der Waals surface area contributed by atoms with Crippen LogP contribution in [-0.2, 0) is 13.0 Å². The fourth-order valence-electron chi connectivity index (χ4n) is 2.95. The van der Waals surface area contributed by atoms with Crippen LogP contribution in [0.1, 0.15) is 25.3 Å². The summed E-state index contributed by atoms with van der Waals surface area (Å²) in [6.45, 7) is 5.26. The number of rotatable bonds is 9. The Morgan fingerprint density at radius 1 is 1.21 bits per heavy atom. The third kappa shape index (κ3) is 6.47. The number of fused-ring (bicyclic) bond motifs is 1. The van der Waals surface area contributed by atoms with Crippen LogP contribution in [0.2, 0.25) is 0 Å². The zero-order chi connectivity index (χ0) is 18.9. The van der Waals surface area contributed by atoms with E-state index in [9.17, 15) is 4.39 Å². The molecule has 0 aliphatic rings. The molecule has 2 aromatic heterocycles. The van der Waals surface area contributed by atoms with E-state index in [0.29, 0.717) is 0 Å². The molecule has 28 heavy (non-hydrogen) atoms. The molecule has 0 fully saturated rings. The van der Waals surface area contributed by atoms with E-state index in [0.717, 1.165) is 67.9 Å². The van der Waals surface area contributed by atoms with Crippen LogP contribution in [0.5, 0.6) is 0 Å². The maximum absolute atomic E-state index is 13.5. The van der Waals surface area contributed by atoms with Crippen molar-refractivity contribution in [3.8, 4) is 0 Å². The predicted octanol–water partition coefficient (Wildman–Crippen LogP) is 3.09. The maximum Gasteiger partial charge on any atom is 0.191 e. The Hall–Kier alpha value is -2.17. The number of guanidine groups is 1. The molecular formula is C19H27FIN7. The summed E-state index contributed by atoms with van der Waals surface area (Å²) in [4.78, 5) is 7.80. The average Bonchev–Trinajstić information content (AvgIpc) is 3.31. The number of H-pyrrole nitrogens is 1. The third-order valence-corrected chi connectivity index (χ3v) is 4.32. The highest BCUT2D eigenvalue weighted by atomic mass is 127. The second-order valence-electron chi connectivity index (χ2n) is 6.35. The molecule has 0 unspecified atom stereocenters. The van der Waals surface area contributed by atoms with E-state index < -0.39 is 0 Å².